The third kappa shape index (κ3) is 2.40. The molecule has 0 aliphatic rings. The number of pyridine rings is 1. The van der Waals surface area contributed by atoms with E-state index in [1.807, 2.05) is 6.92 Å². The van der Waals surface area contributed by atoms with Gasteiger partial charge in [-0.25, -0.2) is 15.0 Å². The number of hydrogen-bond donors (Lipinski definition) is 1. The first kappa shape index (κ1) is 9.39. The number of hydrogen-bond acceptors (Lipinski definition) is 5. The lowest BCUT2D eigenvalue weighted by Gasteiger charge is -2.02. The van der Waals surface area contributed by atoms with Gasteiger partial charge in [-0.15, -0.1) is 0 Å². The van der Waals surface area contributed by atoms with E-state index in [1.54, 1.807) is 24.5 Å². The van der Waals surface area contributed by atoms with Crippen LogP contribution in [0.3, 0.4) is 0 Å². The first-order valence-corrected chi connectivity index (χ1v) is 4.42. The van der Waals surface area contributed by atoms with Crippen molar-refractivity contribution in [1.29, 1.82) is 0 Å². The van der Waals surface area contributed by atoms with Gasteiger partial charge >= 0.3 is 6.01 Å². The first-order chi connectivity index (χ1) is 7.24. The maximum absolute atomic E-state index is 5.44. The van der Waals surface area contributed by atoms with Crippen molar-refractivity contribution in [3.05, 3.63) is 36.3 Å². The number of ether oxygens (including phenoxy) is 1. The molecule has 0 aliphatic carbocycles. The van der Waals surface area contributed by atoms with Gasteiger partial charge in [-0.05, 0) is 24.6 Å². The van der Waals surface area contributed by atoms with E-state index in [0.29, 0.717) is 17.6 Å². The van der Waals surface area contributed by atoms with Gasteiger partial charge in [0, 0.05) is 12.4 Å². The average Bonchev–Trinajstić information content (AvgIpc) is 2.25. The van der Waals surface area contributed by atoms with Crippen LogP contribution in [0, 0.1) is 6.92 Å². The van der Waals surface area contributed by atoms with Gasteiger partial charge < -0.3 is 10.5 Å². The Bertz CT molecular complexity index is 394. The van der Waals surface area contributed by atoms with Gasteiger partial charge in [0.15, 0.2) is 0 Å². The zero-order valence-corrected chi connectivity index (χ0v) is 8.21. The van der Waals surface area contributed by atoms with Crippen molar-refractivity contribution in [2.75, 3.05) is 5.73 Å². The van der Waals surface area contributed by atoms with E-state index in [-0.39, 0.29) is 0 Å². The van der Waals surface area contributed by atoms with Crippen molar-refractivity contribution in [2.24, 2.45) is 0 Å². The van der Waals surface area contributed by atoms with Crippen LogP contribution in [-0.4, -0.2) is 15.0 Å². The summed E-state index contributed by atoms with van der Waals surface area (Å²) < 4.78 is 5.35. The highest BCUT2D eigenvalue weighted by molar-refractivity contribution is 5.33. The molecule has 0 spiro atoms. The summed E-state index contributed by atoms with van der Waals surface area (Å²) in [7, 11) is 0. The lowest BCUT2D eigenvalue weighted by molar-refractivity contribution is 0.439. The predicted molar refractivity (Wildman–Crippen MR) is 55.5 cm³/mol. The Kier molecular flexibility index (Phi) is 2.45. The fourth-order valence-electron chi connectivity index (χ4n) is 0.991. The molecule has 2 rings (SSSR count). The van der Waals surface area contributed by atoms with Crippen molar-refractivity contribution in [3.8, 4) is 11.8 Å². The zero-order chi connectivity index (χ0) is 10.7. The largest absolute Gasteiger partial charge is 0.423 e. The maximum atomic E-state index is 5.44. The quantitative estimate of drug-likeness (QED) is 0.799. The molecule has 5 nitrogen and oxygen atoms in total. The molecule has 15 heavy (non-hydrogen) atoms. The van der Waals surface area contributed by atoms with Crippen molar-refractivity contribution in [3.63, 3.8) is 0 Å². The molecule has 0 aromatic carbocycles. The molecular formula is C10H10N4O. The molecule has 2 aromatic rings. The van der Waals surface area contributed by atoms with E-state index in [4.69, 9.17) is 10.5 Å². The van der Waals surface area contributed by atoms with Gasteiger partial charge in [-0.2, -0.15) is 0 Å². The maximum Gasteiger partial charge on any atom is 0.321 e. The van der Waals surface area contributed by atoms with Gasteiger partial charge in [0.1, 0.15) is 11.6 Å². The Morgan fingerprint density at radius 2 is 1.80 bits per heavy atom. The molecule has 0 unspecified atom stereocenters. The normalized spacial score (nSPS) is 9.93. The summed E-state index contributed by atoms with van der Waals surface area (Å²) in [5.41, 5.74) is 6.43. The fourth-order valence-corrected chi connectivity index (χ4v) is 0.991. The van der Waals surface area contributed by atoms with Crippen LogP contribution in [0.1, 0.15) is 5.56 Å². The second kappa shape index (κ2) is 3.91. The highest BCUT2D eigenvalue weighted by atomic mass is 16.5. The van der Waals surface area contributed by atoms with Gasteiger partial charge in [0.05, 0.1) is 6.20 Å². The molecule has 5 heteroatoms. The van der Waals surface area contributed by atoms with Crippen LogP contribution in [0.5, 0.6) is 11.8 Å². The van der Waals surface area contributed by atoms with Crippen molar-refractivity contribution < 1.29 is 4.74 Å². The van der Waals surface area contributed by atoms with E-state index < -0.39 is 0 Å². The minimum Gasteiger partial charge on any atom is -0.423 e. The molecule has 0 aliphatic heterocycles. The van der Waals surface area contributed by atoms with E-state index in [9.17, 15) is 0 Å². The topological polar surface area (TPSA) is 73.9 Å². The van der Waals surface area contributed by atoms with E-state index in [1.165, 1.54) is 6.20 Å². The average molecular weight is 202 g/mol. The fraction of sp³-hybridized carbons (Fsp3) is 0.100. The highest BCUT2D eigenvalue weighted by Gasteiger charge is 1.99. The summed E-state index contributed by atoms with van der Waals surface area (Å²) in [6, 6.07) is 3.67. The number of nitrogens with two attached hydrogens (primary N) is 1. The van der Waals surface area contributed by atoms with Crippen LogP contribution < -0.4 is 10.5 Å². The van der Waals surface area contributed by atoms with Gasteiger partial charge in [0.2, 0.25) is 0 Å². The van der Waals surface area contributed by atoms with Crippen LogP contribution in [0.15, 0.2) is 30.7 Å². The lowest BCUT2D eigenvalue weighted by atomic mass is 10.4. The third-order valence-electron chi connectivity index (χ3n) is 1.73. The Hall–Kier alpha value is -2.17. The number of nitrogen functional groups attached to an aromatic ring is 1. The molecule has 0 atom stereocenters. The minimum absolute atomic E-state index is 0.298. The van der Waals surface area contributed by atoms with Gasteiger partial charge in [-0.3, -0.25) is 0 Å². The summed E-state index contributed by atoms with van der Waals surface area (Å²) >= 11 is 0. The van der Waals surface area contributed by atoms with Crippen LogP contribution in [0.4, 0.5) is 5.82 Å². The Labute approximate surface area is 87.0 Å². The van der Waals surface area contributed by atoms with E-state index >= 15 is 0 Å². The summed E-state index contributed by atoms with van der Waals surface area (Å²) in [6.07, 6.45) is 4.90. The summed E-state index contributed by atoms with van der Waals surface area (Å²) in [5.74, 6) is 1.01. The van der Waals surface area contributed by atoms with Crippen molar-refractivity contribution in [1.82, 2.24) is 15.0 Å². The van der Waals surface area contributed by atoms with Crippen LogP contribution in [0.25, 0.3) is 0 Å². The summed E-state index contributed by atoms with van der Waals surface area (Å²) in [4.78, 5) is 11.9. The number of nitrogens with zero attached hydrogens (tertiary/aromatic N) is 3. The molecule has 0 amide bonds. The predicted octanol–water partition coefficient (Wildman–Crippen LogP) is 1.55. The molecule has 0 bridgehead atoms. The molecule has 0 radical (unpaired) electrons. The second-order valence-corrected chi connectivity index (χ2v) is 3.06. The van der Waals surface area contributed by atoms with Crippen molar-refractivity contribution >= 4 is 5.82 Å². The Morgan fingerprint density at radius 1 is 1.07 bits per heavy atom. The van der Waals surface area contributed by atoms with Crippen molar-refractivity contribution in [2.45, 2.75) is 6.92 Å². The van der Waals surface area contributed by atoms with Gasteiger partial charge in [0.25, 0.3) is 0 Å². The van der Waals surface area contributed by atoms with Crippen LogP contribution in [-0.2, 0) is 0 Å². The van der Waals surface area contributed by atoms with E-state index in [2.05, 4.69) is 15.0 Å². The molecule has 0 saturated carbocycles. The molecule has 0 saturated heterocycles. The third-order valence-corrected chi connectivity index (χ3v) is 1.73. The molecule has 76 valence electrons. The molecular weight excluding hydrogens is 192 g/mol. The molecule has 2 N–H and O–H groups in total. The number of aryl methyl sites for hydroxylation is 1. The Balaban J connectivity index is 2.15. The number of anilines is 1. The SMILES string of the molecule is Cc1cnc(Oc2ccc(N)nc2)nc1. The molecule has 0 fully saturated rings. The second-order valence-electron chi connectivity index (χ2n) is 3.06. The Morgan fingerprint density at radius 3 is 2.40 bits per heavy atom. The number of rotatable bonds is 2. The standard InChI is InChI=1S/C10H10N4O/c1-7-4-13-10(14-5-7)15-8-2-3-9(11)12-6-8/h2-6H,1H3,(H2,11,12). The highest BCUT2D eigenvalue weighted by Crippen LogP contribution is 2.16. The molecule has 2 heterocycles. The van der Waals surface area contributed by atoms with Gasteiger partial charge in [-0.1, -0.05) is 0 Å². The first-order valence-electron chi connectivity index (χ1n) is 4.42. The smallest absolute Gasteiger partial charge is 0.321 e. The zero-order valence-electron chi connectivity index (χ0n) is 8.21. The lowest BCUT2D eigenvalue weighted by Crippen LogP contribution is -1.93. The molecule has 2 aromatic heterocycles. The summed E-state index contributed by atoms with van der Waals surface area (Å²) in [5, 5.41) is 0. The minimum atomic E-state index is 0.298. The van der Waals surface area contributed by atoms with Crippen LogP contribution >= 0.6 is 0 Å². The monoisotopic (exact) mass is 202 g/mol. The van der Waals surface area contributed by atoms with Crippen LogP contribution in [0.2, 0.25) is 0 Å². The van der Waals surface area contributed by atoms with E-state index in [0.717, 1.165) is 5.56 Å². The summed E-state index contributed by atoms with van der Waals surface area (Å²) in [6.45, 7) is 1.91. The number of aromatic nitrogens is 3.